The van der Waals surface area contributed by atoms with Crippen LogP contribution in [0.3, 0.4) is 0 Å². The summed E-state index contributed by atoms with van der Waals surface area (Å²) < 4.78 is 4.79. The van der Waals surface area contributed by atoms with Crippen molar-refractivity contribution in [3.8, 4) is 0 Å². The lowest BCUT2D eigenvalue weighted by Gasteiger charge is -2.23. The van der Waals surface area contributed by atoms with E-state index in [1.54, 1.807) is 6.92 Å². The highest BCUT2D eigenvalue weighted by Crippen LogP contribution is 2.17. The molecule has 0 aromatic heterocycles. The highest BCUT2D eigenvalue weighted by molar-refractivity contribution is 5.83. The van der Waals surface area contributed by atoms with Gasteiger partial charge >= 0.3 is 5.97 Å². The van der Waals surface area contributed by atoms with Gasteiger partial charge in [0.25, 0.3) is 0 Å². The second-order valence-corrected chi connectivity index (χ2v) is 6.08. The van der Waals surface area contributed by atoms with E-state index in [0.717, 1.165) is 12.8 Å². The van der Waals surface area contributed by atoms with E-state index < -0.39 is 12.1 Å². The van der Waals surface area contributed by atoms with Crippen molar-refractivity contribution in [1.82, 2.24) is 10.6 Å². The molecule has 0 bridgehead atoms. The van der Waals surface area contributed by atoms with Crippen LogP contribution in [0.15, 0.2) is 0 Å². The molecule has 5 nitrogen and oxygen atoms in total. The molecule has 5 heteroatoms. The molecule has 0 spiro atoms. The second-order valence-electron chi connectivity index (χ2n) is 6.08. The minimum atomic E-state index is -0.427. The number of methoxy groups -OCH3 is 1. The van der Waals surface area contributed by atoms with Gasteiger partial charge in [-0.3, -0.25) is 14.9 Å². The minimum Gasteiger partial charge on any atom is -0.468 e. The highest BCUT2D eigenvalue weighted by atomic mass is 16.5. The molecule has 116 valence electrons. The molecule has 1 rings (SSSR count). The molecule has 2 N–H and O–H groups in total. The van der Waals surface area contributed by atoms with Crippen LogP contribution >= 0.6 is 0 Å². The molecule has 1 saturated carbocycles. The SMILES string of the molecule is COC(=O)C(CC(C)C)NC(C)C(=O)NC1CCCC1. The standard InChI is InChI=1S/C15H28N2O3/c1-10(2)9-13(15(19)20-4)16-11(3)14(18)17-12-7-5-6-8-12/h10-13,16H,5-9H2,1-4H3,(H,17,18). The summed E-state index contributed by atoms with van der Waals surface area (Å²) in [6.45, 7) is 5.88. The Morgan fingerprint density at radius 3 is 2.30 bits per heavy atom. The summed E-state index contributed by atoms with van der Waals surface area (Å²) in [5.74, 6) is 0.0190. The van der Waals surface area contributed by atoms with Gasteiger partial charge in [0.05, 0.1) is 13.2 Å². The maximum atomic E-state index is 12.1. The van der Waals surface area contributed by atoms with Gasteiger partial charge in [0.2, 0.25) is 5.91 Å². The number of hydrogen-bond donors (Lipinski definition) is 2. The average molecular weight is 284 g/mol. The van der Waals surface area contributed by atoms with Crippen LogP contribution in [0.4, 0.5) is 0 Å². The van der Waals surface area contributed by atoms with Gasteiger partial charge in [-0.2, -0.15) is 0 Å². The Bertz CT molecular complexity index is 325. The van der Waals surface area contributed by atoms with E-state index in [0.29, 0.717) is 18.4 Å². The third-order valence-corrected chi connectivity index (χ3v) is 3.74. The lowest BCUT2D eigenvalue weighted by atomic mass is 10.0. The van der Waals surface area contributed by atoms with Gasteiger partial charge in [0.15, 0.2) is 0 Å². The first-order valence-electron chi connectivity index (χ1n) is 7.58. The fourth-order valence-corrected chi connectivity index (χ4v) is 2.62. The van der Waals surface area contributed by atoms with Gasteiger partial charge in [-0.1, -0.05) is 26.7 Å². The first-order valence-corrected chi connectivity index (χ1v) is 7.58. The third kappa shape index (κ3) is 5.49. The molecular formula is C15H28N2O3. The first-order chi connectivity index (χ1) is 9.43. The zero-order valence-corrected chi connectivity index (χ0v) is 13.1. The Labute approximate surface area is 121 Å². The number of carbonyl (C=O) groups is 2. The van der Waals surface area contributed by atoms with Crippen LogP contribution in [-0.2, 0) is 14.3 Å². The van der Waals surface area contributed by atoms with E-state index in [-0.39, 0.29) is 11.9 Å². The monoisotopic (exact) mass is 284 g/mol. The van der Waals surface area contributed by atoms with Gasteiger partial charge < -0.3 is 10.1 Å². The Morgan fingerprint density at radius 2 is 1.80 bits per heavy atom. The number of esters is 1. The van der Waals surface area contributed by atoms with E-state index in [2.05, 4.69) is 10.6 Å². The van der Waals surface area contributed by atoms with E-state index in [9.17, 15) is 9.59 Å². The van der Waals surface area contributed by atoms with E-state index >= 15 is 0 Å². The van der Waals surface area contributed by atoms with Gasteiger partial charge in [-0.05, 0) is 32.1 Å². The van der Waals surface area contributed by atoms with Crippen LogP contribution in [0, 0.1) is 5.92 Å². The molecule has 2 unspecified atom stereocenters. The molecule has 0 aromatic carbocycles. The Balaban J connectivity index is 2.48. The van der Waals surface area contributed by atoms with Gasteiger partial charge in [0.1, 0.15) is 6.04 Å². The molecule has 0 saturated heterocycles. The molecule has 1 amide bonds. The molecule has 0 heterocycles. The number of nitrogens with one attached hydrogen (secondary N) is 2. The Hall–Kier alpha value is -1.10. The predicted octanol–water partition coefficient (Wildman–Crippen LogP) is 1.61. The van der Waals surface area contributed by atoms with Crippen LogP contribution in [0.25, 0.3) is 0 Å². The summed E-state index contributed by atoms with van der Waals surface area (Å²) in [6, 6.07) is -0.517. The highest BCUT2D eigenvalue weighted by Gasteiger charge is 2.26. The minimum absolute atomic E-state index is 0.0328. The van der Waals surface area contributed by atoms with Crippen LogP contribution in [-0.4, -0.2) is 37.1 Å². The zero-order chi connectivity index (χ0) is 15.1. The Kier molecular flexibility index (Phi) is 6.99. The number of hydrogen-bond acceptors (Lipinski definition) is 4. The summed E-state index contributed by atoms with van der Waals surface area (Å²) in [7, 11) is 1.38. The van der Waals surface area contributed by atoms with Gasteiger partial charge in [-0.25, -0.2) is 0 Å². The van der Waals surface area contributed by atoms with Crippen molar-refractivity contribution in [2.75, 3.05) is 7.11 Å². The second kappa shape index (κ2) is 8.25. The normalized spacial score (nSPS) is 18.9. The maximum absolute atomic E-state index is 12.1. The van der Waals surface area contributed by atoms with E-state index in [1.165, 1.54) is 20.0 Å². The molecule has 0 radical (unpaired) electrons. The summed E-state index contributed by atoms with van der Waals surface area (Å²) >= 11 is 0. The lowest BCUT2D eigenvalue weighted by molar-refractivity contribution is -0.144. The van der Waals surface area contributed by atoms with Gasteiger partial charge in [-0.15, -0.1) is 0 Å². The van der Waals surface area contributed by atoms with Crippen LogP contribution in [0.2, 0.25) is 0 Å². The fraction of sp³-hybridized carbons (Fsp3) is 0.867. The summed E-state index contributed by atoms with van der Waals surface area (Å²) in [6.07, 6.45) is 5.15. The molecule has 2 atom stereocenters. The smallest absolute Gasteiger partial charge is 0.322 e. The number of rotatable bonds is 7. The topological polar surface area (TPSA) is 67.4 Å². The zero-order valence-electron chi connectivity index (χ0n) is 13.1. The van der Waals surface area contributed by atoms with E-state index in [1.807, 2.05) is 13.8 Å². The van der Waals surface area contributed by atoms with Crippen LogP contribution in [0.1, 0.15) is 52.9 Å². The molecule has 20 heavy (non-hydrogen) atoms. The molecular weight excluding hydrogens is 256 g/mol. The van der Waals surface area contributed by atoms with Crippen molar-refractivity contribution in [1.29, 1.82) is 0 Å². The van der Waals surface area contributed by atoms with Crippen molar-refractivity contribution in [2.24, 2.45) is 5.92 Å². The van der Waals surface area contributed by atoms with Crippen molar-refractivity contribution >= 4 is 11.9 Å². The largest absolute Gasteiger partial charge is 0.468 e. The predicted molar refractivity (Wildman–Crippen MR) is 78.3 cm³/mol. The van der Waals surface area contributed by atoms with E-state index in [4.69, 9.17) is 4.74 Å². The number of amides is 1. The number of ether oxygens (including phenoxy) is 1. The summed E-state index contributed by atoms with van der Waals surface area (Å²) in [5.41, 5.74) is 0. The van der Waals surface area contributed by atoms with Crippen molar-refractivity contribution in [2.45, 2.75) is 71.0 Å². The third-order valence-electron chi connectivity index (χ3n) is 3.74. The van der Waals surface area contributed by atoms with Crippen LogP contribution < -0.4 is 10.6 Å². The van der Waals surface area contributed by atoms with Crippen molar-refractivity contribution < 1.29 is 14.3 Å². The fourth-order valence-electron chi connectivity index (χ4n) is 2.62. The Morgan fingerprint density at radius 1 is 1.20 bits per heavy atom. The van der Waals surface area contributed by atoms with Crippen LogP contribution in [0.5, 0.6) is 0 Å². The maximum Gasteiger partial charge on any atom is 0.322 e. The molecule has 1 aliphatic rings. The molecule has 1 aliphatic carbocycles. The first kappa shape index (κ1) is 17.0. The summed E-state index contributed by atoms with van der Waals surface area (Å²) in [5, 5.41) is 6.13. The molecule has 0 aliphatic heterocycles. The quantitative estimate of drug-likeness (QED) is 0.697. The molecule has 0 aromatic rings. The lowest BCUT2D eigenvalue weighted by Crippen LogP contribution is -2.51. The number of carbonyl (C=O) groups excluding carboxylic acids is 2. The van der Waals surface area contributed by atoms with Crippen molar-refractivity contribution in [3.63, 3.8) is 0 Å². The van der Waals surface area contributed by atoms with Gasteiger partial charge in [0, 0.05) is 6.04 Å². The average Bonchev–Trinajstić information content (AvgIpc) is 2.89. The molecule has 1 fully saturated rings. The summed E-state index contributed by atoms with van der Waals surface area (Å²) in [4.78, 5) is 23.8. The van der Waals surface area contributed by atoms with Crippen molar-refractivity contribution in [3.05, 3.63) is 0 Å².